The zero-order valence-electron chi connectivity index (χ0n) is 9.75. The van der Waals surface area contributed by atoms with Crippen LogP contribution in [0.4, 0.5) is 0 Å². The molecule has 3 heteroatoms. The van der Waals surface area contributed by atoms with Crippen molar-refractivity contribution in [1.82, 2.24) is 5.32 Å². The molecule has 0 aliphatic rings. The number of ether oxygens (including phenoxy) is 2. The van der Waals surface area contributed by atoms with Gasteiger partial charge in [-0.15, -0.1) is 12.3 Å². The molecular formula is C13H17NO2. The van der Waals surface area contributed by atoms with E-state index in [0.29, 0.717) is 0 Å². The van der Waals surface area contributed by atoms with Crippen molar-refractivity contribution < 1.29 is 9.47 Å². The van der Waals surface area contributed by atoms with E-state index < -0.39 is 0 Å². The smallest absolute Gasteiger partial charge is 0.123 e. The maximum absolute atomic E-state index is 5.27. The summed E-state index contributed by atoms with van der Waals surface area (Å²) in [7, 11) is 3.31. The van der Waals surface area contributed by atoms with Crippen LogP contribution in [0, 0.1) is 12.3 Å². The van der Waals surface area contributed by atoms with Crippen LogP contribution in [0.2, 0.25) is 0 Å². The third-order valence-electron chi connectivity index (χ3n) is 2.25. The van der Waals surface area contributed by atoms with E-state index in [0.717, 1.165) is 36.6 Å². The van der Waals surface area contributed by atoms with Crippen molar-refractivity contribution in [2.24, 2.45) is 0 Å². The molecule has 0 unspecified atom stereocenters. The van der Waals surface area contributed by atoms with E-state index in [1.54, 1.807) is 14.2 Å². The number of nitrogens with one attached hydrogen (secondary N) is 1. The average molecular weight is 219 g/mol. The molecule has 0 saturated carbocycles. The Labute approximate surface area is 96.8 Å². The minimum absolute atomic E-state index is 0.724. The van der Waals surface area contributed by atoms with E-state index in [9.17, 15) is 0 Å². The molecule has 0 spiro atoms. The van der Waals surface area contributed by atoms with Crippen molar-refractivity contribution in [2.75, 3.05) is 20.8 Å². The van der Waals surface area contributed by atoms with Crippen LogP contribution in [-0.2, 0) is 6.54 Å². The van der Waals surface area contributed by atoms with Crippen LogP contribution in [0.15, 0.2) is 18.2 Å². The summed E-state index contributed by atoms with van der Waals surface area (Å²) >= 11 is 0. The second-order valence-corrected chi connectivity index (χ2v) is 3.31. The highest BCUT2D eigenvalue weighted by molar-refractivity contribution is 5.40. The molecule has 86 valence electrons. The minimum Gasteiger partial charge on any atom is -0.497 e. The Balaban J connectivity index is 2.64. The Kier molecular flexibility index (Phi) is 5.24. The number of rotatable bonds is 6. The summed E-state index contributed by atoms with van der Waals surface area (Å²) in [5, 5.41) is 3.25. The van der Waals surface area contributed by atoms with E-state index in [2.05, 4.69) is 11.2 Å². The van der Waals surface area contributed by atoms with Crippen LogP contribution >= 0.6 is 0 Å². The molecule has 0 aliphatic heterocycles. The fraction of sp³-hybridized carbons (Fsp3) is 0.385. The lowest BCUT2D eigenvalue weighted by molar-refractivity contribution is 0.397. The Morgan fingerprint density at radius 3 is 2.75 bits per heavy atom. The summed E-state index contributed by atoms with van der Waals surface area (Å²) in [5.41, 5.74) is 1.07. The van der Waals surface area contributed by atoms with Crippen LogP contribution < -0.4 is 14.8 Å². The number of benzene rings is 1. The molecule has 0 aromatic heterocycles. The SMILES string of the molecule is C#CCCNCc1cc(OC)ccc1OC. The van der Waals surface area contributed by atoms with Gasteiger partial charge in [0.2, 0.25) is 0 Å². The molecule has 0 bridgehead atoms. The Hall–Kier alpha value is -1.66. The maximum Gasteiger partial charge on any atom is 0.123 e. The zero-order valence-corrected chi connectivity index (χ0v) is 9.75. The first-order valence-corrected chi connectivity index (χ1v) is 5.17. The fourth-order valence-electron chi connectivity index (χ4n) is 1.40. The zero-order chi connectivity index (χ0) is 11.8. The standard InChI is InChI=1S/C13H17NO2/c1-4-5-8-14-10-11-9-12(15-2)6-7-13(11)16-3/h1,6-7,9,14H,5,8,10H2,2-3H3. The van der Waals surface area contributed by atoms with Gasteiger partial charge in [-0.2, -0.15) is 0 Å². The second-order valence-electron chi connectivity index (χ2n) is 3.31. The molecule has 0 saturated heterocycles. The van der Waals surface area contributed by atoms with E-state index >= 15 is 0 Å². The lowest BCUT2D eigenvalue weighted by atomic mass is 10.2. The Bertz CT molecular complexity index is 369. The molecule has 1 aromatic carbocycles. The van der Waals surface area contributed by atoms with Crippen molar-refractivity contribution in [3.63, 3.8) is 0 Å². The van der Waals surface area contributed by atoms with E-state index in [1.807, 2.05) is 18.2 Å². The third kappa shape index (κ3) is 3.48. The first kappa shape index (κ1) is 12.4. The van der Waals surface area contributed by atoms with Gasteiger partial charge in [-0.25, -0.2) is 0 Å². The van der Waals surface area contributed by atoms with Crippen molar-refractivity contribution >= 4 is 0 Å². The van der Waals surface area contributed by atoms with Gasteiger partial charge < -0.3 is 14.8 Å². The van der Waals surface area contributed by atoms with Crippen molar-refractivity contribution in [2.45, 2.75) is 13.0 Å². The molecule has 0 radical (unpaired) electrons. The highest BCUT2D eigenvalue weighted by atomic mass is 16.5. The van der Waals surface area contributed by atoms with Crippen molar-refractivity contribution in [1.29, 1.82) is 0 Å². The van der Waals surface area contributed by atoms with Gasteiger partial charge in [-0.3, -0.25) is 0 Å². The van der Waals surface area contributed by atoms with Crippen LogP contribution in [0.1, 0.15) is 12.0 Å². The predicted octanol–water partition coefficient (Wildman–Crippen LogP) is 1.82. The molecule has 3 nitrogen and oxygen atoms in total. The van der Waals surface area contributed by atoms with Crippen LogP contribution in [0.3, 0.4) is 0 Å². The fourth-order valence-corrected chi connectivity index (χ4v) is 1.40. The Morgan fingerprint density at radius 1 is 1.31 bits per heavy atom. The van der Waals surface area contributed by atoms with Crippen LogP contribution in [-0.4, -0.2) is 20.8 Å². The average Bonchev–Trinajstić information content (AvgIpc) is 2.34. The van der Waals surface area contributed by atoms with E-state index in [1.165, 1.54) is 0 Å². The molecule has 1 rings (SSSR count). The summed E-state index contributed by atoms with van der Waals surface area (Å²) in [6, 6.07) is 5.74. The van der Waals surface area contributed by atoms with Gasteiger partial charge >= 0.3 is 0 Å². The summed E-state index contributed by atoms with van der Waals surface area (Å²) < 4.78 is 10.4. The van der Waals surface area contributed by atoms with E-state index in [-0.39, 0.29) is 0 Å². The number of terminal acetylenes is 1. The van der Waals surface area contributed by atoms with Crippen molar-refractivity contribution in [3.8, 4) is 23.8 Å². The van der Waals surface area contributed by atoms with Gasteiger partial charge in [0.15, 0.2) is 0 Å². The molecule has 0 aliphatic carbocycles. The molecule has 0 fully saturated rings. The molecule has 16 heavy (non-hydrogen) atoms. The highest BCUT2D eigenvalue weighted by Crippen LogP contribution is 2.23. The highest BCUT2D eigenvalue weighted by Gasteiger charge is 2.03. The van der Waals surface area contributed by atoms with E-state index in [4.69, 9.17) is 15.9 Å². The van der Waals surface area contributed by atoms with Crippen LogP contribution in [0.25, 0.3) is 0 Å². The van der Waals surface area contributed by atoms with Gasteiger partial charge in [0.1, 0.15) is 11.5 Å². The number of hydrogen-bond donors (Lipinski definition) is 1. The van der Waals surface area contributed by atoms with Crippen molar-refractivity contribution in [3.05, 3.63) is 23.8 Å². The number of methoxy groups -OCH3 is 2. The maximum atomic E-state index is 5.27. The minimum atomic E-state index is 0.724. The molecule has 0 atom stereocenters. The van der Waals surface area contributed by atoms with Gasteiger partial charge in [0, 0.05) is 25.1 Å². The quantitative estimate of drug-likeness (QED) is 0.584. The summed E-state index contributed by atoms with van der Waals surface area (Å²) in [6.45, 7) is 1.53. The molecule has 1 N–H and O–H groups in total. The molecule has 0 amide bonds. The first-order valence-electron chi connectivity index (χ1n) is 5.17. The monoisotopic (exact) mass is 219 g/mol. The predicted molar refractivity (Wildman–Crippen MR) is 64.7 cm³/mol. The van der Waals surface area contributed by atoms with Gasteiger partial charge in [0.05, 0.1) is 14.2 Å². The van der Waals surface area contributed by atoms with Gasteiger partial charge in [0.25, 0.3) is 0 Å². The summed E-state index contributed by atoms with van der Waals surface area (Å²) in [6.07, 6.45) is 5.90. The van der Waals surface area contributed by atoms with Gasteiger partial charge in [-0.1, -0.05) is 0 Å². The molecule has 1 aromatic rings. The lowest BCUT2D eigenvalue weighted by Crippen LogP contribution is -2.14. The normalized spacial score (nSPS) is 9.56. The molecule has 0 heterocycles. The van der Waals surface area contributed by atoms with Crippen LogP contribution in [0.5, 0.6) is 11.5 Å². The summed E-state index contributed by atoms with van der Waals surface area (Å²) in [5.74, 6) is 4.27. The largest absolute Gasteiger partial charge is 0.497 e. The second kappa shape index (κ2) is 6.76. The Morgan fingerprint density at radius 2 is 2.12 bits per heavy atom. The number of hydrogen-bond acceptors (Lipinski definition) is 3. The molecular weight excluding hydrogens is 202 g/mol. The lowest BCUT2D eigenvalue weighted by Gasteiger charge is -2.10. The summed E-state index contributed by atoms with van der Waals surface area (Å²) in [4.78, 5) is 0. The van der Waals surface area contributed by atoms with Gasteiger partial charge in [-0.05, 0) is 18.2 Å². The first-order chi connectivity index (χ1) is 7.81. The third-order valence-corrected chi connectivity index (χ3v) is 2.25. The topological polar surface area (TPSA) is 30.5 Å².